The maximum atomic E-state index is 5.64. The van der Waals surface area contributed by atoms with Gasteiger partial charge in [-0.05, 0) is 34.7 Å². The van der Waals surface area contributed by atoms with Gasteiger partial charge in [0.15, 0.2) is 5.82 Å². The summed E-state index contributed by atoms with van der Waals surface area (Å²) >= 11 is 1.84. The fourth-order valence-corrected chi connectivity index (χ4v) is 7.10. The molecule has 2 atom stereocenters. The van der Waals surface area contributed by atoms with E-state index in [1.165, 1.54) is 22.4 Å². The second-order valence-corrected chi connectivity index (χ2v) is 11.6. The molecule has 2 fully saturated rings. The zero-order chi connectivity index (χ0) is 26.9. The Kier molecular flexibility index (Phi) is 7.18. The van der Waals surface area contributed by atoms with Gasteiger partial charge >= 0.3 is 0 Å². The standard InChI is InChI=1S/C31H35N7OS/c1-2-36-12-14-37(15-13-36)30-33-28(34-31(35-30)38-16-18-39-19-17-38)25-20-23-10-6-7-11-24(23)27(25)29-32-26(21-40-29)22-8-4-3-5-9-22/h3-11,20-21,27,29,32H,2,12-19H2,1H3. The zero-order valence-electron chi connectivity index (χ0n) is 22.9. The van der Waals surface area contributed by atoms with E-state index in [-0.39, 0.29) is 11.3 Å². The van der Waals surface area contributed by atoms with Crippen molar-refractivity contribution in [2.24, 2.45) is 0 Å². The lowest BCUT2D eigenvalue weighted by molar-refractivity contribution is 0.122. The van der Waals surface area contributed by atoms with Crippen LogP contribution in [0.2, 0.25) is 0 Å². The summed E-state index contributed by atoms with van der Waals surface area (Å²) in [5.74, 6) is 2.43. The number of nitrogens with zero attached hydrogens (tertiary/aromatic N) is 6. The number of fused-ring (bicyclic) bond motifs is 1. The maximum absolute atomic E-state index is 5.64. The quantitative estimate of drug-likeness (QED) is 0.485. The van der Waals surface area contributed by atoms with E-state index in [1.807, 2.05) is 11.8 Å². The van der Waals surface area contributed by atoms with Gasteiger partial charge in [0, 0.05) is 56.5 Å². The van der Waals surface area contributed by atoms with Crippen molar-refractivity contribution in [3.05, 3.63) is 82.5 Å². The van der Waals surface area contributed by atoms with Gasteiger partial charge in [-0.3, -0.25) is 0 Å². The van der Waals surface area contributed by atoms with Crippen LogP contribution in [-0.4, -0.2) is 84.3 Å². The number of thioether (sulfide) groups is 1. The van der Waals surface area contributed by atoms with Crippen molar-refractivity contribution < 1.29 is 4.74 Å². The highest BCUT2D eigenvalue weighted by Crippen LogP contribution is 2.48. The molecule has 4 aliphatic rings. The topological polar surface area (TPSA) is 69.7 Å². The van der Waals surface area contributed by atoms with Crippen molar-refractivity contribution in [1.29, 1.82) is 0 Å². The Morgan fingerprint density at radius 2 is 1.55 bits per heavy atom. The Hall–Kier alpha value is -3.40. The number of rotatable bonds is 6. The van der Waals surface area contributed by atoms with Crippen molar-refractivity contribution in [2.75, 3.05) is 68.8 Å². The first-order chi connectivity index (χ1) is 19.8. The van der Waals surface area contributed by atoms with E-state index < -0.39 is 0 Å². The third-order valence-electron chi connectivity index (χ3n) is 8.26. The number of ether oxygens (including phenoxy) is 1. The van der Waals surface area contributed by atoms with Crippen LogP contribution in [0.3, 0.4) is 0 Å². The molecule has 9 heteroatoms. The minimum Gasteiger partial charge on any atom is -0.378 e. The fourth-order valence-electron chi connectivity index (χ4n) is 5.97. The molecule has 7 rings (SSSR count). The molecular weight excluding hydrogens is 518 g/mol. The Balaban J connectivity index is 1.25. The lowest BCUT2D eigenvalue weighted by Crippen LogP contribution is -2.47. The lowest BCUT2D eigenvalue weighted by Gasteiger charge is -2.35. The van der Waals surface area contributed by atoms with Gasteiger partial charge in [0.2, 0.25) is 11.9 Å². The summed E-state index contributed by atoms with van der Waals surface area (Å²) in [4.78, 5) is 22.4. The van der Waals surface area contributed by atoms with Gasteiger partial charge in [-0.25, -0.2) is 0 Å². The molecule has 206 valence electrons. The number of benzene rings is 2. The van der Waals surface area contributed by atoms with Crippen molar-refractivity contribution in [2.45, 2.75) is 18.2 Å². The third-order valence-corrected chi connectivity index (χ3v) is 9.32. The van der Waals surface area contributed by atoms with Crippen LogP contribution in [0.25, 0.3) is 17.3 Å². The number of morpholine rings is 1. The SMILES string of the molecule is CCN1CCN(c2nc(C3=Cc4ccccc4C3C3NC(c4ccccc4)=CS3)nc(N3CCOCC3)n2)CC1. The molecule has 40 heavy (non-hydrogen) atoms. The van der Waals surface area contributed by atoms with Gasteiger partial charge in [0.1, 0.15) is 0 Å². The first-order valence-electron chi connectivity index (χ1n) is 14.3. The van der Waals surface area contributed by atoms with Crippen LogP contribution >= 0.6 is 11.8 Å². The number of aromatic nitrogens is 3. The molecule has 2 aromatic carbocycles. The van der Waals surface area contributed by atoms with E-state index in [4.69, 9.17) is 19.7 Å². The van der Waals surface area contributed by atoms with Gasteiger partial charge in [-0.15, -0.1) is 11.8 Å². The molecule has 4 heterocycles. The summed E-state index contributed by atoms with van der Waals surface area (Å²) in [7, 11) is 0. The average molecular weight is 554 g/mol. The number of hydrogen-bond acceptors (Lipinski definition) is 9. The zero-order valence-corrected chi connectivity index (χ0v) is 23.7. The molecular formula is C31H35N7OS. The van der Waals surface area contributed by atoms with E-state index in [9.17, 15) is 0 Å². The number of anilines is 2. The molecule has 0 saturated carbocycles. The van der Waals surface area contributed by atoms with Gasteiger partial charge in [0.25, 0.3) is 0 Å². The molecule has 2 unspecified atom stereocenters. The summed E-state index contributed by atoms with van der Waals surface area (Å²) in [5.41, 5.74) is 6.08. The summed E-state index contributed by atoms with van der Waals surface area (Å²) in [6.45, 7) is 10.2. The molecule has 0 radical (unpaired) electrons. The third kappa shape index (κ3) is 4.98. The molecule has 1 aliphatic carbocycles. The number of hydrogen-bond donors (Lipinski definition) is 1. The van der Waals surface area contributed by atoms with E-state index in [1.54, 1.807) is 0 Å². The average Bonchev–Trinajstić information content (AvgIpc) is 3.67. The van der Waals surface area contributed by atoms with Crippen LogP contribution < -0.4 is 15.1 Å². The Bertz CT molecular complexity index is 1410. The van der Waals surface area contributed by atoms with Crippen molar-refractivity contribution in [3.63, 3.8) is 0 Å². The largest absolute Gasteiger partial charge is 0.378 e. The van der Waals surface area contributed by atoms with Crippen molar-refractivity contribution in [3.8, 4) is 0 Å². The summed E-state index contributed by atoms with van der Waals surface area (Å²) in [5, 5.41) is 6.22. The van der Waals surface area contributed by atoms with E-state index >= 15 is 0 Å². The van der Waals surface area contributed by atoms with Crippen molar-refractivity contribution >= 4 is 41.0 Å². The van der Waals surface area contributed by atoms with Crippen LogP contribution in [0.5, 0.6) is 0 Å². The molecule has 8 nitrogen and oxygen atoms in total. The Labute approximate surface area is 240 Å². The second-order valence-electron chi connectivity index (χ2n) is 10.6. The van der Waals surface area contributed by atoms with E-state index in [0.29, 0.717) is 13.2 Å². The van der Waals surface area contributed by atoms with E-state index in [2.05, 4.69) is 93.0 Å². The highest BCUT2D eigenvalue weighted by molar-refractivity contribution is 8.03. The van der Waals surface area contributed by atoms with Crippen molar-refractivity contribution in [1.82, 2.24) is 25.2 Å². The van der Waals surface area contributed by atoms with Gasteiger partial charge in [0.05, 0.1) is 18.6 Å². The normalized spacial score (nSPS) is 23.0. The molecule has 0 spiro atoms. The minimum absolute atomic E-state index is 0.114. The van der Waals surface area contributed by atoms with E-state index in [0.717, 1.165) is 69.1 Å². The van der Waals surface area contributed by atoms with Gasteiger partial charge in [-0.2, -0.15) is 15.0 Å². The summed E-state index contributed by atoms with van der Waals surface area (Å²) in [6, 6.07) is 19.3. The summed E-state index contributed by atoms with van der Waals surface area (Å²) in [6.07, 6.45) is 2.29. The number of piperazine rings is 1. The number of nitrogens with one attached hydrogen (secondary N) is 1. The lowest BCUT2D eigenvalue weighted by atomic mass is 9.94. The molecule has 0 amide bonds. The Morgan fingerprint density at radius 1 is 0.850 bits per heavy atom. The molecule has 3 aliphatic heterocycles. The predicted molar refractivity (Wildman–Crippen MR) is 163 cm³/mol. The molecule has 3 aromatic rings. The molecule has 2 saturated heterocycles. The first-order valence-corrected chi connectivity index (χ1v) is 15.3. The molecule has 1 aromatic heterocycles. The van der Waals surface area contributed by atoms with Gasteiger partial charge < -0.3 is 24.8 Å². The molecule has 1 N–H and O–H groups in total. The van der Waals surface area contributed by atoms with Crippen LogP contribution in [-0.2, 0) is 4.74 Å². The Morgan fingerprint density at radius 3 is 2.30 bits per heavy atom. The van der Waals surface area contributed by atoms with Crippen LogP contribution in [0.1, 0.15) is 35.4 Å². The minimum atomic E-state index is 0.114. The fraction of sp³-hybridized carbons (Fsp3) is 0.387. The maximum Gasteiger partial charge on any atom is 0.230 e. The van der Waals surface area contributed by atoms with Crippen LogP contribution in [0.4, 0.5) is 11.9 Å². The van der Waals surface area contributed by atoms with Crippen LogP contribution in [0, 0.1) is 0 Å². The highest BCUT2D eigenvalue weighted by atomic mass is 32.2. The monoisotopic (exact) mass is 553 g/mol. The number of likely N-dealkylation sites (N-methyl/N-ethyl adjacent to an activating group) is 1. The van der Waals surface area contributed by atoms with Gasteiger partial charge in [-0.1, -0.05) is 61.5 Å². The smallest absolute Gasteiger partial charge is 0.230 e. The van der Waals surface area contributed by atoms with Crippen LogP contribution in [0.15, 0.2) is 60.0 Å². The predicted octanol–water partition coefficient (Wildman–Crippen LogP) is 4.15. The molecule has 0 bridgehead atoms. The summed E-state index contributed by atoms with van der Waals surface area (Å²) < 4.78 is 5.64. The second kappa shape index (κ2) is 11.2. The first kappa shape index (κ1) is 25.6. The highest BCUT2D eigenvalue weighted by Gasteiger charge is 2.37.